The number of carboxylic acid groups (broad SMARTS) is 1. The fourth-order valence-electron chi connectivity index (χ4n) is 10.8. The molecule has 1 heterocycles. The van der Waals surface area contributed by atoms with Crippen LogP contribution in [0.15, 0.2) is 97.7 Å². The molecule has 6 N–H and O–H groups in total. The van der Waals surface area contributed by atoms with Crippen LogP contribution in [0.3, 0.4) is 0 Å². The number of nitrogens with two attached hydrogens (primary N) is 2. The van der Waals surface area contributed by atoms with E-state index in [9.17, 15) is 23.6 Å². The van der Waals surface area contributed by atoms with Gasteiger partial charge in [0.15, 0.2) is 0 Å². The third-order valence-corrected chi connectivity index (χ3v) is 20.9. The second kappa shape index (κ2) is 72.0. The van der Waals surface area contributed by atoms with Crippen LogP contribution >= 0.6 is 22.9 Å². The maximum absolute atomic E-state index is 12.8. The average Bonchev–Trinajstić information content (AvgIpc) is 1.59. The molecule has 0 saturated carbocycles. The zero-order chi connectivity index (χ0) is 93.8. The molecule has 8 unspecified atom stereocenters. The fraction of sp³-hybridized carbons (Fsp3) is 0.730. The highest BCUT2D eigenvalue weighted by Gasteiger charge is 2.26. The summed E-state index contributed by atoms with van der Waals surface area (Å²) in [4.78, 5) is 49.7. The van der Waals surface area contributed by atoms with E-state index in [0.29, 0.717) is 116 Å². The number of halogens is 2. The molecule has 17 nitrogen and oxygen atoms in total. The standard InChI is InChI=1S/C14H21ClO.C14H21FO.C14H22O.C12H20N2OS.C10H21NO2.C10H20O.C9H19NO2.C9H18O3.C8H18O/c1-10(2)13(9-16-11(3)4)12-7-5-6-8-14(12)15;1-10(2)14(9-16-11(3)4)12-5-7-13(15)8-6-12;1-11(2)14(10-15-12(3)4)13-8-6-5-7-9-13;1-7(2)9(5-11(13)15)12-14-6-10(16-12)8(3)4;1-7(2)9(10(12)11-5)6-13-8(3)4;1-6-10(8(2)3)7-11-9(4)5;2*1-6(2)8(9(10)11)5-12-7(3)4;1-7(2)5-6-9-8(3)4/h5-8,10-11,13H,9H2,1-4H3;5-8,10-11,14H,9H2,1-4H3;5-9,11-12,14H,10H2,1-4H3;6-9H,5H2,1-4H3,(H2,13,15);7-9H,6H2,1-5H3,(H,11,12);6,8-10H,1,7H2,2-5H3;6-8H,5H2,1-4H3,(H2,10,11);6-8H,5H2,1-4H3,(H,10,11);7-8H,5-6H2,1-4H3. The van der Waals surface area contributed by atoms with E-state index in [0.717, 1.165) is 47.9 Å². The molecule has 8 atom stereocenters. The van der Waals surface area contributed by atoms with E-state index >= 15 is 0 Å². The lowest BCUT2D eigenvalue weighted by atomic mass is 9.89. The van der Waals surface area contributed by atoms with Gasteiger partial charge >= 0.3 is 5.97 Å². The van der Waals surface area contributed by atoms with Gasteiger partial charge in [0.05, 0.1) is 118 Å². The molecule has 120 heavy (non-hydrogen) atoms. The number of primary amides is 2. The highest BCUT2D eigenvalue weighted by atomic mass is 35.5. The monoisotopic (exact) mass is 1730 g/mol. The molecule has 0 saturated heterocycles. The summed E-state index contributed by atoms with van der Waals surface area (Å²) in [6.07, 6.45) is 7.46. The quantitative estimate of drug-likeness (QED) is 0.0301. The SMILES string of the molecule is C=CC(COC(C)C)C(C)C.CC(C)CCOC(C)C.CC(C)OCC(C(=O)O)C(C)C.CC(C)OCC(C(N)=O)C(C)C.CC(C)OCC(c1ccc(F)cc1)C(C)C.CC(C)OCC(c1ccccc1)C(C)C.CC(C)OCC(c1ccccc1Cl)C(C)C.CC(C)c1cnc(C(CC(N)=O)C(C)C)s1.CNC(=O)C(COC(C)C)C(C)C. The summed E-state index contributed by atoms with van der Waals surface area (Å²) in [5, 5.41) is 13.3. The van der Waals surface area contributed by atoms with Gasteiger partial charge in [0.25, 0.3) is 0 Å². The number of hydrogen-bond acceptors (Lipinski definition) is 14. The van der Waals surface area contributed by atoms with Gasteiger partial charge in [-0.2, -0.15) is 0 Å². The Kier molecular flexibility index (Phi) is 74.0. The lowest BCUT2D eigenvalue weighted by Crippen LogP contribution is -2.34. The average molecular weight is 1730 g/mol. The van der Waals surface area contributed by atoms with E-state index in [4.69, 9.17) is 66.1 Å². The van der Waals surface area contributed by atoms with Gasteiger partial charge in [-0.25, -0.2) is 9.37 Å². The molecule has 4 aromatic rings. The Labute approximate surface area is 743 Å². The van der Waals surface area contributed by atoms with Crippen molar-refractivity contribution < 1.29 is 66.6 Å². The highest BCUT2D eigenvalue weighted by Crippen LogP contribution is 2.35. The van der Waals surface area contributed by atoms with Crippen molar-refractivity contribution >= 4 is 46.6 Å². The Bertz CT molecular complexity index is 3080. The summed E-state index contributed by atoms with van der Waals surface area (Å²) >= 11 is 7.92. The summed E-state index contributed by atoms with van der Waals surface area (Å²) < 4.78 is 56.8. The lowest BCUT2D eigenvalue weighted by molar-refractivity contribution is -0.146. The normalized spacial score (nSPS) is 13.4. The van der Waals surface area contributed by atoms with Gasteiger partial charge in [-0.15, -0.1) is 17.9 Å². The molecular weight excluding hydrogens is 1550 g/mol. The number of aliphatic carboxylic acids is 1. The van der Waals surface area contributed by atoms with Crippen molar-refractivity contribution in [2.24, 2.45) is 88.4 Å². The van der Waals surface area contributed by atoms with Crippen molar-refractivity contribution in [3.05, 3.63) is 135 Å². The third-order valence-electron chi connectivity index (χ3n) is 19.2. The molecule has 0 spiro atoms. The van der Waals surface area contributed by atoms with E-state index < -0.39 is 5.97 Å². The summed E-state index contributed by atoms with van der Waals surface area (Å²) in [7, 11) is 1.66. The first kappa shape index (κ1) is 123. The first-order chi connectivity index (χ1) is 55.6. The topological polar surface area (TPSA) is 239 Å². The maximum Gasteiger partial charge on any atom is 0.309 e. The van der Waals surface area contributed by atoms with Crippen molar-refractivity contribution in [3.63, 3.8) is 0 Å². The van der Waals surface area contributed by atoms with Crippen LogP contribution in [0.1, 0.15) is 318 Å². The Balaban J connectivity index is -0.000000416. The minimum atomic E-state index is -0.773. The smallest absolute Gasteiger partial charge is 0.309 e. The van der Waals surface area contributed by atoms with E-state index in [2.05, 4.69) is 206 Å². The van der Waals surface area contributed by atoms with Gasteiger partial charge in [0, 0.05) is 65.8 Å². The van der Waals surface area contributed by atoms with Crippen molar-refractivity contribution in [1.82, 2.24) is 10.3 Å². The van der Waals surface area contributed by atoms with Crippen molar-refractivity contribution in [3.8, 4) is 0 Å². The maximum atomic E-state index is 12.8. The van der Waals surface area contributed by atoms with Crippen LogP contribution in [0.25, 0.3) is 0 Å². The Morgan fingerprint density at radius 1 is 0.450 bits per heavy atom. The summed E-state index contributed by atoms with van der Waals surface area (Å²) in [5.74, 6) is 4.49. The number of amides is 3. The number of carbonyl (C=O) groups is 4. The van der Waals surface area contributed by atoms with Crippen LogP contribution in [0, 0.1) is 82.7 Å². The molecule has 20 heteroatoms. The minimum absolute atomic E-state index is 0.0348. The zero-order valence-electron chi connectivity index (χ0n) is 82.6. The van der Waals surface area contributed by atoms with Crippen LogP contribution in [0.5, 0.6) is 0 Å². The van der Waals surface area contributed by atoms with Crippen molar-refractivity contribution in [2.75, 3.05) is 59.9 Å². The number of nitrogens with one attached hydrogen (secondary N) is 1. The number of carboxylic acids is 1. The first-order valence-corrected chi connectivity index (χ1v) is 45.9. The molecule has 3 amide bonds. The van der Waals surface area contributed by atoms with E-state index in [1.54, 1.807) is 18.4 Å². The number of aromatic nitrogens is 1. The van der Waals surface area contributed by atoms with Crippen molar-refractivity contribution in [1.29, 1.82) is 0 Å². The van der Waals surface area contributed by atoms with Crippen LogP contribution < -0.4 is 16.8 Å². The number of thiazole rings is 1. The largest absolute Gasteiger partial charge is 0.481 e. The number of ether oxygens (including phenoxy) is 8. The molecule has 4 rings (SSSR count). The Morgan fingerprint density at radius 2 is 0.808 bits per heavy atom. The lowest BCUT2D eigenvalue weighted by Gasteiger charge is -2.23. The fourth-order valence-corrected chi connectivity index (χ4v) is 12.3. The van der Waals surface area contributed by atoms with Crippen LogP contribution in [-0.2, 0) is 57.1 Å². The molecule has 0 radical (unpaired) electrons. The van der Waals surface area contributed by atoms with Crippen LogP contribution in [-0.4, -0.2) is 143 Å². The van der Waals surface area contributed by atoms with Crippen LogP contribution in [0.2, 0.25) is 5.02 Å². The predicted molar refractivity (Wildman–Crippen MR) is 507 cm³/mol. The van der Waals surface area contributed by atoms with Gasteiger partial charge in [0.1, 0.15) is 5.82 Å². The second-order valence-electron chi connectivity index (χ2n) is 36.6. The molecule has 698 valence electrons. The number of benzene rings is 3. The highest BCUT2D eigenvalue weighted by molar-refractivity contribution is 7.11. The number of carbonyl (C=O) groups excluding carboxylic acids is 3. The van der Waals surface area contributed by atoms with Gasteiger partial charge in [-0.05, 0) is 211 Å². The van der Waals surface area contributed by atoms with Crippen LogP contribution in [0.4, 0.5) is 4.39 Å². The van der Waals surface area contributed by atoms with Gasteiger partial charge in [-0.1, -0.05) is 217 Å². The minimum Gasteiger partial charge on any atom is -0.481 e. The Morgan fingerprint density at radius 3 is 1.12 bits per heavy atom. The summed E-state index contributed by atoms with van der Waals surface area (Å²) in [6.45, 7) is 83.6. The molecular formula is C100H180ClFN4O13S. The van der Waals surface area contributed by atoms with Gasteiger partial charge in [-0.3, -0.25) is 19.2 Å². The third kappa shape index (κ3) is 66.3. The van der Waals surface area contributed by atoms with Gasteiger partial charge < -0.3 is 59.8 Å². The Hall–Kier alpha value is -5.19. The number of hydrogen-bond donors (Lipinski definition) is 4. The van der Waals surface area contributed by atoms with Crippen molar-refractivity contribution in [2.45, 2.75) is 341 Å². The van der Waals surface area contributed by atoms with E-state index in [-0.39, 0.29) is 89.6 Å². The number of nitrogens with zero attached hydrogens (tertiary/aromatic N) is 1. The first-order valence-electron chi connectivity index (χ1n) is 44.7. The van der Waals surface area contributed by atoms with Gasteiger partial charge in [0.2, 0.25) is 17.7 Å². The molecule has 1 aromatic heterocycles. The predicted octanol–water partition coefficient (Wildman–Crippen LogP) is 24.9. The van der Waals surface area contributed by atoms with E-state index in [1.807, 2.05) is 140 Å². The molecule has 0 bridgehead atoms. The molecule has 0 aliphatic rings. The molecule has 3 aromatic carbocycles. The molecule has 0 fully saturated rings. The summed E-state index contributed by atoms with van der Waals surface area (Å²) in [6, 6.07) is 25.4. The summed E-state index contributed by atoms with van der Waals surface area (Å²) in [5.41, 5.74) is 14.2. The zero-order valence-corrected chi connectivity index (χ0v) is 84.1. The number of rotatable bonds is 44. The molecule has 0 aliphatic heterocycles. The van der Waals surface area contributed by atoms with E-state index in [1.165, 1.54) is 34.6 Å². The second-order valence-corrected chi connectivity index (χ2v) is 38.1. The molecule has 0 aliphatic carbocycles.